The Morgan fingerprint density at radius 1 is 1.04 bits per heavy atom. The molecule has 0 bridgehead atoms. The van der Waals surface area contributed by atoms with Crippen LogP contribution in [0.15, 0.2) is 65.1 Å². The van der Waals surface area contributed by atoms with Crippen molar-refractivity contribution >= 4 is 17.5 Å². The zero-order chi connectivity index (χ0) is 19.9. The summed E-state index contributed by atoms with van der Waals surface area (Å²) in [5.74, 6) is 0.407. The highest BCUT2D eigenvalue weighted by atomic mass is 19.1. The number of carbonyl (C=O) groups excluding carboxylic acids is 2. The number of ether oxygens (including phenoxy) is 1. The average Bonchev–Trinajstić information content (AvgIpc) is 3.15. The molecule has 1 aromatic heterocycles. The largest absolute Gasteiger partial charge is 0.484 e. The number of rotatable bonds is 8. The summed E-state index contributed by atoms with van der Waals surface area (Å²) in [6, 6.07) is 16.4. The Morgan fingerprint density at radius 3 is 2.50 bits per heavy atom. The van der Waals surface area contributed by atoms with E-state index in [0.29, 0.717) is 34.9 Å². The van der Waals surface area contributed by atoms with E-state index in [1.54, 1.807) is 54.6 Å². The fourth-order valence-electron chi connectivity index (χ4n) is 2.57. The van der Waals surface area contributed by atoms with Gasteiger partial charge >= 0.3 is 0 Å². The highest BCUT2D eigenvalue weighted by Crippen LogP contribution is 2.25. The Balaban J connectivity index is 1.51. The zero-order valence-corrected chi connectivity index (χ0v) is 15.0. The minimum Gasteiger partial charge on any atom is -0.484 e. The molecule has 0 saturated carbocycles. The van der Waals surface area contributed by atoms with Crippen LogP contribution in [0.1, 0.15) is 12.2 Å². The smallest absolute Gasteiger partial charge is 0.255 e. The Bertz CT molecular complexity index is 967. The van der Waals surface area contributed by atoms with Crippen molar-refractivity contribution in [2.75, 3.05) is 11.9 Å². The van der Waals surface area contributed by atoms with Crippen LogP contribution in [-0.4, -0.2) is 18.4 Å². The average molecular weight is 382 g/mol. The molecule has 7 heteroatoms. The van der Waals surface area contributed by atoms with E-state index in [2.05, 4.69) is 5.32 Å². The van der Waals surface area contributed by atoms with E-state index in [-0.39, 0.29) is 24.8 Å². The number of anilines is 1. The second-order valence-electron chi connectivity index (χ2n) is 6.07. The van der Waals surface area contributed by atoms with Crippen LogP contribution >= 0.6 is 0 Å². The van der Waals surface area contributed by atoms with Gasteiger partial charge in [0.15, 0.2) is 6.61 Å². The van der Waals surface area contributed by atoms with Crippen molar-refractivity contribution in [3.8, 4) is 17.1 Å². The van der Waals surface area contributed by atoms with Gasteiger partial charge in [-0.1, -0.05) is 12.1 Å². The van der Waals surface area contributed by atoms with Crippen molar-refractivity contribution in [3.05, 3.63) is 72.2 Å². The molecule has 0 aliphatic heterocycles. The minimum atomic E-state index is -0.562. The van der Waals surface area contributed by atoms with E-state index in [1.807, 2.05) is 0 Å². The highest BCUT2D eigenvalue weighted by Gasteiger charge is 2.11. The molecule has 3 N–H and O–H groups in total. The molecular weight excluding hydrogens is 363 g/mol. The molecule has 28 heavy (non-hydrogen) atoms. The Kier molecular flexibility index (Phi) is 6.06. The second kappa shape index (κ2) is 8.85. The van der Waals surface area contributed by atoms with Crippen molar-refractivity contribution in [1.29, 1.82) is 0 Å². The SMILES string of the molecule is NC(=O)COc1ccc(NC(=O)CCc2ccc(-c3ccccc3F)o2)cc1. The third kappa shape index (κ3) is 5.20. The van der Waals surface area contributed by atoms with Crippen LogP contribution in [0, 0.1) is 5.82 Å². The van der Waals surface area contributed by atoms with Crippen molar-refractivity contribution in [2.24, 2.45) is 5.73 Å². The van der Waals surface area contributed by atoms with Crippen molar-refractivity contribution in [2.45, 2.75) is 12.8 Å². The summed E-state index contributed by atoms with van der Waals surface area (Å²) in [6.45, 7) is -0.205. The number of primary amides is 1. The first-order valence-corrected chi connectivity index (χ1v) is 8.66. The molecule has 0 fully saturated rings. The molecular formula is C21H19FN2O4. The van der Waals surface area contributed by atoms with Gasteiger partial charge in [0.1, 0.15) is 23.1 Å². The summed E-state index contributed by atoms with van der Waals surface area (Å²) >= 11 is 0. The lowest BCUT2D eigenvalue weighted by atomic mass is 10.1. The van der Waals surface area contributed by atoms with E-state index in [4.69, 9.17) is 14.9 Å². The van der Waals surface area contributed by atoms with Crippen LogP contribution in [-0.2, 0) is 16.0 Å². The third-order valence-electron chi connectivity index (χ3n) is 3.92. The summed E-state index contributed by atoms with van der Waals surface area (Å²) in [4.78, 5) is 22.8. The Morgan fingerprint density at radius 2 is 1.79 bits per heavy atom. The van der Waals surface area contributed by atoms with Crippen LogP contribution in [0.3, 0.4) is 0 Å². The molecule has 0 radical (unpaired) electrons. The van der Waals surface area contributed by atoms with Crippen LogP contribution in [0.5, 0.6) is 5.75 Å². The number of amides is 2. The van der Waals surface area contributed by atoms with Gasteiger partial charge < -0.3 is 20.2 Å². The topological polar surface area (TPSA) is 94.6 Å². The molecule has 0 aliphatic rings. The quantitative estimate of drug-likeness (QED) is 0.623. The van der Waals surface area contributed by atoms with E-state index in [1.165, 1.54) is 6.07 Å². The van der Waals surface area contributed by atoms with Crippen LogP contribution < -0.4 is 15.8 Å². The number of nitrogens with two attached hydrogens (primary N) is 1. The fraction of sp³-hybridized carbons (Fsp3) is 0.143. The van der Waals surface area contributed by atoms with Crippen molar-refractivity contribution in [1.82, 2.24) is 0 Å². The van der Waals surface area contributed by atoms with E-state index >= 15 is 0 Å². The van der Waals surface area contributed by atoms with Gasteiger partial charge in [0.25, 0.3) is 5.91 Å². The summed E-state index contributed by atoms with van der Waals surface area (Å²) < 4.78 is 24.6. The maximum atomic E-state index is 13.8. The molecule has 3 rings (SSSR count). The summed E-state index contributed by atoms with van der Waals surface area (Å²) in [7, 11) is 0. The molecule has 0 aliphatic carbocycles. The first-order chi connectivity index (χ1) is 13.5. The number of hydrogen-bond donors (Lipinski definition) is 2. The number of aryl methyl sites for hydroxylation is 1. The maximum absolute atomic E-state index is 13.8. The number of hydrogen-bond acceptors (Lipinski definition) is 4. The molecule has 2 aromatic carbocycles. The molecule has 144 valence electrons. The van der Waals surface area contributed by atoms with Crippen LogP contribution in [0.4, 0.5) is 10.1 Å². The number of furan rings is 1. The highest BCUT2D eigenvalue weighted by molar-refractivity contribution is 5.90. The van der Waals surface area contributed by atoms with Gasteiger partial charge in [0, 0.05) is 18.5 Å². The molecule has 2 amide bonds. The predicted octanol–water partition coefficient (Wildman–Crippen LogP) is 3.52. The van der Waals surface area contributed by atoms with Crippen LogP contribution in [0.2, 0.25) is 0 Å². The summed E-state index contributed by atoms with van der Waals surface area (Å²) in [5, 5.41) is 2.76. The zero-order valence-electron chi connectivity index (χ0n) is 15.0. The molecule has 1 heterocycles. The van der Waals surface area contributed by atoms with Gasteiger partial charge in [-0.25, -0.2) is 4.39 Å². The third-order valence-corrected chi connectivity index (χ3v) is 3.92. The van der Waals surface area contributed by atoms with E-state index < -0.39 is 5.91 Å². The fourth-order valence-corrected chi connectivity index (χ4v) is 2.57. The number of nitrogens with one attached hydrogen (secondary N) is 1. The normalized spacial score (nSPS) is 10.5. The number of halogens is 1. The standard InChI is InChI=1S/C21H19FN2O4/c22-18-4-2-1-3-17(18)19-11-9-16(28-19)10-12-21(26)24-14-5-7-15(8-6-14)27-13-20(23)25/h1-9,11H,10,12-13H2,(H2,23,25)(H,24,26). The Labute approximate surface area is 161 Å². The van der Waals surface area contributed by atoms with Gasteiger partial charge in [-0.15, -0.1) is 0 Å². The predicted molar refractivity (Wildman–Crippen MR) is 102 cm³/mol. The van der Waals surface area contributed by atoms with E-state index in [0.717, 1.165) is 0 Å². The molecule has 6 nitrogen and oxygen atoms in total. The molecule has 0 unspecified atom stereocenters. The molecule has 0 saturated heterocycles. The molecule has 0 spiro atoms. The van der Waals surface area contributed by atoms with Gasteiger partial charge in [-0.2, -0.15) is 0 Å². The minimum absolute atomic E-state index is 0.186. The number of carbonyl (C=O) groups is 2. The summed E-state index contributed by atoms with van der Waals surface area (Å²) in [5.41, 5.74) is 6.00. The first kappa shape index (κ1) is 19.2. The van der Waals surface area contributed by atoms with Crippen molar-refractivity contribution in [3.63, 3.8) is 0 Å². The van der Waals surface area contributed by atoms with Gasteiger partial charge in [-0.05, 0) is 48.5 Å². The van der Waals surface area contributed by atoms with Gasteiger partial charge in [-0.3, -0.25) is 9.59 Å². The molecule has 3 aromatic rings. The van der Waals surface area contributed by atoms with Gasteiger partial charge in [0.05, 0.1) is 5.56 Å². The van der Waals surface area contributed by atoms with Gasteiger partial charge in [0.2, 0.25) is 5.91 Å². The van der Waals surface area contributed by atoms with E-state index in [9.17, 15) is 14.0 Å². The van der Waals surface area contributed by atoms with Crippen molar-refractivity contribution < 1.29 is 23.1 Å². The lowest BCUT2D eigenvalue weighted by Crippen LogP contribution is -2.20. The Hall–Kier alpha value is -3.61. The number of benzene rings is 2. The van der Waals surface area contributed by atoms with Crippen LogP contribution in [0.25, 0.3) is 11.3 Å². The second-order valence-corrected chi connectivity index (χ2v) is 6.07. The monoisotopic (exact) mass is 382 g/mol. The lowest BCUT2D eigenvalue weighted by Gasteiger charge is -2.07. The lowest BCUT2D eigenvalue weighted by molar-refractivity contribution is -0.120. The maximum Gasteiger partial charge on any atom is 0.255 e. The summed E-state index contributed by atoms with van der Waals surface area (Å²) in [6.07, 6.45) is 0.601. The first-order valence-electron chi connectivity index (χ1n) is 8.66. The molecule has 0 atom stereocenters.